The molecule has 1 aromatic heterocycles. The topological polar surface area (TPSA) is 75.3 Å². The Balaban J connectivity index is 1.48. The first-order valence-corrected chi connectivity index (χ1v) is 8.31. The van der Waals surface area contributed by atoms with Crippen LogP contribution < -0.4 is 10.6 Å². The molecule has 1 heterocycles. The maximum absolute atomic E-state index is 9.62. The highest BCUT2D eigenvalue weighted by Gasteiger charge is 2.41. The normalized spacial score (nSPS) is 18.8. The molecule has 1 aliphatic rings. The SMILES string of the molecule is CN(c1cnc(N)nc1)C1CC1c1ccc(-c2cccc(O)c2)cc1. The second kappa shape index (κ2) is 6.09. The fourth-order valence-corrected chi connectivity index (χ4v) is 3.28. The standard InChI is InChI=1S/C20H20N4O/c1-24(16-11-22-20(21)23-12-16)19-10-18(19)14-7-5-13(6-8-14)15-3-2-4-17(25)9-15/h2-9,11-12,18-19,25H,10H2,1H3,(H2,21,22,23). The summed E-state index contributed by atoms with van der Waals surface area (Å²) in [5, 5.41) is 9.62. The van der Waals surface area contributed by atoms with Gasteiger partial charge in [0, 0.05) is 19.0 Å². The smallest absolute Gasteiger partial charge is 0.220 e. The molecule has 25 heavy (non-hydrogen) atoms. The average molecular weight is 332 g/mol. The molecule has 126 valence electrons. The van der Waals surface area contributed by atoms with E-state index in [2.05, 4.69) is 46.2 Å². The predicted octanol–water partition coefficient (Wildman–Crippen LogP) is 3.42. The van der Waals surface area contributed by atoms with E-state index >= 15 is 0 Å². The molecule has 2 unspecified atom stereocenters. The van der Waals surface area contributed by atoms with Gasteiger partial charge in [0.05, 0.1) is 18.1 Å². The van der Waals surface area contributed by atoms with Crippen molar-refractivity contribution < 1.29 is 5.11 Å². The molecular weight excluding hydrogens is 312 g/mol. The number of nitrogens with two attached hydrogens (primary N) is 1. The van der Waals surface area contributed by atoms with Crippen molar-refractivity contribution in [3.63, 3.8) is 0 Å². The Morgan fingerprint density at radius 2 is 1.76 bits per heavy atom. The Bertz CT molecular complexity index is 877. The van der Waals surface area contributed by atoms with Gasteiger partial charge in [-0.3, -0.25) is 0 Å². The minimum atomic E-state index is 0.288. The van der Waals surface area contributed by atoms with Crippen molar-refractivity contribution in [3.8, 4) is 16.9 Å². The quantitative estimate of drug-likeness (QED) is 0.765. The van der Waals surface area contributed by atoms with E-state index in [-0.39, 0.29) is 5.75 Å². The molecule has 2 aromatic carbocycles. The van der Waals surface area contributed by atoms with Gasteiger partial charge in [0.2, 0.25) is 5.95 Å². The number of hydrogen-bond acceptors (Lipinski definition) is 5. The van der Waals surface area contributed by atoms with Gasteiger partial charge in [-0.25, -0.2) is 9.97 Å². The van der Waals surface area contributed by atoms with E-state index in [9.17, 15) is 5.11 Å². The molecule has 0 amide bonds. The Labute approximate surface area is 146 Å². The van der Waals surface area contributed by atoms with Crippen molar-refractivity contribution in [1.82, 2.24) is 9.97 Å². The van der Waals surface area contributed by atoms with Gasteiger partial charge < -0.3 is 15.7 Å². The molecule has 0 bridgehead atoms. The van der Waals surface area contributed by atoms with Crippen LogP contribution in [-0.2, 0) is 0 Å². The van der Waals surface area contributed by atoms with Crippen LogP contribution in [0.1, 0.15) is 17.9 Å². The number of likely N-dealkylation sites (N-methyl/N-ethyl adjacent to an activating group) is 1. The number of phenolic OH excluding ortho intramolecular Hbond substituents is 1. The third kappa shape index (κ3) is 3.13. The van der Waals surface area contributed by atoms with Gasteiger partial charge in [0.1, 0.15) is 5.75 Å². The number of benzene rings is 2. The van der Waals surface area contributed by atoms with Crippen molar-refractivity contribution in [2.45, 2.75) is 18.4 Å². The Hall–Kier alpha value is -3.08. The minimum absolute atomic E-state index is 0.288. The number of aromatic nitrogens is 2. The lowest BCUT2D eigenvalue weighted by molar-refractivity contribution is 0.475. The molecule has 0 saturated heterocycles. The van der Waals surface area contributed by atoms with Crippen LogP contribution in [-0.4, -0.2) is 28.2 Å². The second-order valence-electron chi connectivity index (χ2n) is 6.49. The molecule has 0 spiro atoms. The highest BCUT2D eigenvalue weighted by Crippen LogP contribution is 2.45. The van der Waals surface area contributed by atoms with E-state index in [0.717, 1.165) is 23.2 Å². The molecule has 5 heteroatoms. The van der Waals surface area contributed by atoms with Crippen LogP contribution in [0.4, 0.5) is 11.6 Å². The zero-order valence-electron chi connectivity index (χ0n) is 14.0. The molecule has 4 rings (SSSR count). The third-order valence-electron chi connectivity index (χ3n) is 4.84. The van der Waals surface area contributed by atoms with Crippen LogP contribution >= 0.6 is 0 Å². The minimum Gasteiger partial charge on any atom is -0.508 e. The van der Waals surface area contributed by atoms with Crippen LogP contribution in [0.15, 0.2) is 60.9 Å². The lowest BCUT2D eigenvalue weighted by atomic mass is 10.0. The van der Waals surface area contributed by atoms with E-state index in [0.29, 0.717) is 17.9 Å². The van der Waals surface area contributed by atoms with Gasteiger partial charge in [-0.2, -0.15) is 0 Å². The van der Waals surface area contributed by atoms with Crippen molar-refractivity contribution in [2.75, 3.05) is 17.7 Å². The fourth-order valence-electron chi connectivity index (χ4n) is 3.28. The van der Waals surface area contributed by atoms with Gasteiger partial charge in [-0.05, 0) is 35.2 Å². The summed E-state index contributed by atoms with van der Waals surface area (Å²) in [6, 6.07) is 16.4. The van der Waals surface area contributed by atoms with Crippen molar-refractivity contribution >= 4 is 11.6 Å². The molecule has 0 radical (unpaired) electrons. The molecule has 1 aliphatic carbocycles. The number of hydrogen-bond donors (Lipinski definition) is 2. The van der Waals surface area contributed by atoms with E-state index < -0.39 is 0 Å². The van der Waals surface area contributed by atoms with Crippen molar-refractivity contribution in [3.05, 3.63) is 66.5 Å². The van der Waals surface area contributed by atoms with Crippen LogP contribution in [0.3, 0.4) is 0 Å². The summed E-state index contributed by atoms with van der Waals surface area (Å²) in [7, 11) is 2.07. The second-order valence-corrected chi connectivity index (χ2v) is 6.49. The lowest BCUT2D eigenvalue weighted by Crippen LogP contribution is -2.21. The van der Waals surface area contributed by atoms with Crippen LogP contribution in [0.5, 0.6) is 5.75 Å². The molecule has 2 atom stereocenters. The highest BCUT2D eigenvalue weighted by atomic mass is 16.3. The predicted molar refractivity (Wildman–Crippen MR) is 99.5 cm³/mol. The summed E-state index contributed by atoms with van der Waals surface area (Å²) in [4.78, 5) is 10.3. The highest BCUT2D eigenvalue weighted by molar-refractivity contribution is 5.65. The Morgan fingerprint density at radius 1 is 1.04 bits per heavy atom. The summed E-state index contributed by atoms with van der Waals surface area (Å²) < 4.78 is 0. The van der Waals surface area contributed by atoms with Crippen LogP contribution in [0, 0.1) is 0 Å². The molecule has 1 fully saturated rings. The zero-order valence-corrected chi connectivity index (χ0v) is 14.0. The monoisotopic (exact) mass is 332 g/mol. The van der Waals surface area contributed by atoms with E-state index in [1.54, 1.807) is 24.5 Å². The van der Waals surface area contributed by atoms with E-state index in [1.807, 2.05) is 12.1 Å². The van der Waals surface area contributed by atoms with Gasteiger partial charge in [-0.1, -0.05) is 36.4 Å². The maximum atomic E-state index is 9.62. The largest absolute Gasteiger partial charge is 0.508 e. The number of anilines is 2. The van der Waals surface area contributed by atoms with E-state index in [4.69, 9.17) is 5.73 Å². The van der Waals surface area contributed by atoms with Gasteiger partial charge in [0.25, 0.3) is 0 Å². The molecule has 3 aromatic rings. The first kappa shape index (κ1) is 15.4. The molecule has 0 aliphatic heterocycles. The Kier molecular flexibility index (Phi) is 3.76. The maximum Gasteiger partial charge on any atom is 0.220 e. The first-order valence-electron chi connectivity index (χ1n) is 8.31. The van der Waals surface area contributed by atoms with Gasteiger partial charge >= 0.3 is 0 Å². The zero-order chi connectivity index (χ0) is 17.4. The van der Waals surface area contributed by atoms with Crippen LogP contribution in [0.2, 0.25) is 0 Å². The summed E-state index contributed by atoms with van der Waals surface area (Å²) in [6.45, 7) is 0. The molecular formula is C20H20N4O. The molecule has 5 nitrogen and oxygen atoms in total. The number of phenols is 1. The number of aromatic hydroxyl groups is 1. The molecule has 3 N–H and O–H groups in total. The summed E-state index contributed by atoms with van der Waals surface area (Å²) in [5.74, 6) is 1.10. The van der Waals surface area contributed by atoms with Gasteiger partial charge in [-0.15, -0.1) is 0 Å². The molecule has 1 saturated carbocycles. The van der Waals surface area contributed by atoms with Crippen LogP contribution in [0.25, 0.3) is 11.1 Å². The average Bonchev–Trinajstić information content (AvgIpc) is 3.43. The summed E-state index contributed by atoms with van der Waals surface area (Å²) in [6.07, 6.45) is 4.65. The Morgan fingerprint density at radius 3 is 2.44 bits per heavy atom. The third-order valence-corrected chi connectivity index (χ3v) is 4.84. The first-order chi connectivity index (χ1) is 12.1. The lowest BCUT2D eigenvalue weighted by Gasteiger charge is -2.18. The van der Waals surface area contributed by atoms with Gasteiger partial charge in [0.15, 0.2) is 0 Å². The number of rotatable bonds is 4. The summed E-state index contributed by atoms with van der Waals surface area (Å²) in [5.41, 5.74) is 10.00. The van der Waals surface area contributed by atoms with Crippen molar-refractivity contribution in [1.29, 1.82) is 0 Å². The van der Waals surface area contributed by atoms with Crippen molar-refractivity contribution in [2.24, 2.45) is 0 Å². The number of nitrogen functional groups attached to an aromatic ring is 1. The fraction of sp³-hybridized carbons (Fsp3) is 0.200. The number of nitrogens with zero attached hydrogens (tertiary/aromatic N) is 3. The van der Waals surface area contributed by atoms with E-state index in [1.165, 1.54) is 5.56 Å². The summed E-state index contributed by atoms with van der Waals surface area (Å²) >= 11 is 0.